The number of carbonyl (C=O) groups is 1. The van der Waals surface area contributed by atoms with Gasteiger partial charge in [-0.2, -0.15) is 0 Å². The first-order valence-electron chi connectivity index (χ1n) is 6.47. The highest BCUT2D eigenvalue weighted by atomic mass is 16.1. The van der Waals surface area contributed by atoms with E-state index in [0.717, 1.165) is 6.54 Å². The first kappa shape index (κ1) is 13.3. The third kappa shape index (κ3) is 3.41. The topological polar surface area (TPSA) is 42.0 Å². The fraction of sp³-hybridized carbons (Fsp3) is 0.250. The minimum absolute atomic E-state index is 0.0000406. The van der Waals surface area contributed by atoms with Gasteiger partial charge in [-0.15, -0.1) is 0 Å². The average molecular weight is 254 g/mol. The van der Waals surface area contributed by atoms with E-state index in [1.54, 1.807) is 12.3 Å². The van der Waals surface area contributed by atoms with Crippen LogP contribution in [0.3, 0.4) is 0 Å². The molecule has 0 atom stereocenters. The van der Waals surface area contributed by atoms with E-state index in [1.165, 1.54) is 0 Å². The van der Waals surface area contributed by atoms with Crippen LogP contribution in [0.1, 0.15) is 29.8 Å². The molecule has 98 valence electrons. The van der Waals surface area contributed by atoms with Crippen molar-refractivity contribution in [2.24, 2.45) is 5.92 Å². The zero-order valence-electron chi connectivity index (χ0n) is 11.3. The summed E-state index contributed by atoms with van der Waals surface area (Å²) in [4.78, 5) is 16.7. The summed E-state index contributed by atoms with van der Waals surface area (Å²) in [6.45, 7) is 5.04. The van der Waals surface area contributed by atoms with Crippen molar-refractivity contribution in [3.05, 3.63) is 59.8 Å². The molecule has 0 amide bonds. The van der Waals surface area contributed by atoms with Crippen LogP contribution in [-0.4, -0.2) is 17.3 Å². The first-order chi connectivity index (χ1) is 9.18. The Kier molecular flexibility index (Phi) is 4.29. The summed E-state index contributed by atoms with van der Waals surface area (Å²) in [5.41, 5.74) is 1.30. The van der Waals surface area contributed by atoms with E-state index in [9.17, 15) is 4.79 Å². The van der Waals surface area contributed by atoms with E-state index >= 15 is 0 Å². The minimum Gasteiger partial charge on any atom is -0.369 e. The van der Waals surface area contributed by atoms with Gasteiger partial charge in [-0.25, -0.2) is 4.98 Å². The maximum Gasteiger partial charge on any atom is 0.196 e. The molecule has 0 fully saturated rings. The largest absolute Gasteiger partial charge is 0.369 e. The van der Waals surface area contributed by atoms with E-state index in [4.69, 9.17) is 0 Å². The van der Waals surface area contributed by atoms with Gasteiger partial charge in [-0.05, 0) is 18.1 Å². The Balaban J connectivity index is 2.27. The van der Waals surface area contributed by atoms with Crippen molar-refractivity contribution in [3.8, 4) is 0 Å². The van der Waals surface area contributed by atoms with Crippen molar-refractivity contribution in [1.29, 1.82) is 0 Å². The SMILES string of the molecule is CC(C)CNc1ncccc1C(=O)c1ccccc1. The Bertz CT molecular complexity index is 550. The van der Waals surface area contributed by atoms with Crippen molar-refractivity contribution in [3.63, 3.8) is 0 Å². The number of hydrogen-bond donors (Lipinski definition) is 1. The molecule has 0 saturated carbocycles. The maximum atomic E-state index is 12.4. The highest BCUT2D eigenvalue weighted by Gasteiger charge is 2.13. The van der Waals surface area contributed by atoms with Gasteiger partial charge < -0.3 is 5.32 Å². The van der Waals surface area contributed by atoms with Gasteiger partial charge in [-0.1, -0.05) is 44.2 Å². The number of ketones is 1. The molecule has 0 aliphatic carbocycles. The van der Waals surface area contributed by atoms with Gasteiger partial charge in [0.15, 0.2) is 5.78 Å². The second-order valence-electron chi connectivity index (χ2n) is 4.87. The lowest BCUT2D eigenvalue weighted by Gasteiger charge is -2.11. The zero-order chi connectivity index (χ0) is 13.7. The molecule has 0 unspecified atom stereocenters. The highest BCUT2D eigenvalue weighted by molar-refractivity contribution is 6.11. The van der Waals surface area contributed by atoms with Crippen molar-refractivity contribution in [2.45, 2.75) is 13.8 Å². The van der Waals surface area contributed by atoms with Crippen molar-refractivity contribution < 1.29 is 4.79 Å². The summed E-state index contributed by atoms with van der Waals surface area (Å²) in [5.74, 6) is 1.16. The molecule has 3 nitrogen and oxygen atoms in total. The Morgan fingerprint density at radius 2 is 1.89 bits per heavy atom. The first-order valence-corrected chi connectivity index (χ1v) is 6.47. The Hall–Kier alpha value is -2.16. The third-order valence-corrected chi connectivity index (χ3v) is 2.77. The van der Waals surface area contributed by atoms with Crippen LogP contribution in [0.4, 0.5) is 5.82 Å². The number of hydrogen-bond acceptors (Lipinski definition) is 3. The van der Waals surface area contributed by atoms with E-state index < -0.39 is 0 Å². The van der Waals surface area contributed by atoms with Crippen molar-refractivity contribution in [1.82, 2.24) is 4.98 Å². The molecule has 2 aromatic rings. The quantitative estimate of drug-likeness (QED) is 0.832. The molecule has 1 heterocycles. The predicted molar refractivity (Wildman–Crippen MR) is 77.4 cm³/mol. The zero-order valence-corrected chi connectivity index (χ0v) is 11.3. The summed E-state index contributed by atoms with van der Waals surface area (Å²) >= 11 is 0. The maximum absolute atomic E-state index is 12.4. The number of pyridine rings is 1. The van der Waals surface area contributed by atoms with Crippen molar-refractivity contribution in [2.75, 3.05) is 11.9 Å². The summed E-state index contributed by atoms with van der Waals surface area (Å²) in [7, 11) is 0. The Labute approximate surface area is 113 Å². The highest BCUT2D eigenvalue weighted by Crippen LogP contribution is 2.17. The summed E-state index contributed by atoms with van der Waals surface area (Å²) in [5, 5.41) is 3.23. The number of anilines is 1. The number of rotatable bonds is 5. The van der Waals surface area contributed by atoms with Crippen LogP contribution in [-0.2, 0) is 0 Å². The molecule has 0 spiro atoms. The van der Waals surface area contributed by atoms with E-state index in [2.05, 4.69) is 24.1 Å². The number of carbonyl (C=O) groups excluding carboxylic acids is 1. The smallest absolute Gasteiger partial charge is 0.196 e. The molecular formula is C16H18N2O. The number of nitrogens with one attached hydrogen (secondary N) is 1. The van der Waals surface area contributed by atoms with Gasteiger partial charge in [0.1, 0.15) is 5.82 Å². The third-order valence-electron chi connectivity index (χ3n) is 2.77. The Morgan fingerprint density at radius 3 is 2.58 bits per heavy atom. The lowest BCUT2D eigenvalue weighted by Crippen LogP contribution is -2.13. The monoisotopic (exact) mass is 254 g/mol. The van der Waals surface area contributed by atoms with Crippen LogP contribution in [0.15, 0.2) is 48.7 Å². The van der Waals surface area contributed by atoms with Crippen LogP contribution >= 0.6 is 0 Å². The predicted octanol–water partition coefficient (Wildman–Crippen LogP) is 3.38. The van der Waals surface area contributed by atoms with Gasteiger partial charge in [0, 0.05) is 18.3 Å². The standard InChI is InChI=1S/C16H18N2O/c1-12(2)11-18-16-14(9-6-10-17-16)15(19)13-7-4-3-5-8-13/h3-10,12H,11H2,1-2H3,(H,17,18). The Morgan fingerprint density at radius 1 is 1.16 bits per heavy atom. The fourth-order valence-corrected chi connectivity index (χ4v) is 1.78. The van der Waals surface area contributed by atoms with Crippen molar-refractivity contribution >= 4 is 11.6 Å². The molecular weight excluding hydrogens is 236 g/mol. The number of benzene rings is 1. The van der Waals surface area contributed by atoms with Crippen LogP contribution < -0.4 is 5.32 Å². The van der Waals surface area contributed by atoms with Gasteiger partial charge in [0.05, 0.1) is 5.56 Å². The lowest BCUT2D eigenvalue weighted by molar-refractivity contribution is 0.103. The second kappa shape index (κ2) is 6.14. The van der Waals surface area contributed by atoms with Gasteiger partial charge in [-0.3, -0.25) is 4.79 Å². The van der Waals surface area contributed by atoms with Crippen LogP contribution in [0.25, 0.3) is 0 Å². The molecule has 0 bridgehead atoms. The van der Waals surface area contributed by atoms with Crippen LogP contribution in [0.2, 0.25) is 0 Å². The molecule has 1 aromatic heterocycles. The molecule has 1 aromatic carbocycles. The summed E-state index contributed by atoms with van der Waals surface area (Å²) in [6, 6.07) is 12.9. The lowest BCUT2D eigenvalue weighted by atomic mass is 10.0. The van der Waals surface area contributed by atoms with Crippen LogP contribution in [0.5, 0.6) is 0 Å². The molecule has 3 heteroatoms. The van der Waals surface area contributed by atoms with E-state index in [-0.39, 0.29) is 5.78 Å². The number of aromatic nitrogens is 1. The average Bonchev–Trinajstić information content (AvgIpc) is 2.45. The fourth-order valence-electron chi connectivity index (χ4n) is 1.78. The number of nitrogens with zero attached hydrogens (tertiary/aromatic N) is 1. The van der Waals surface area contributed by atoms with Gasteiger partial charge >= 0.3 is 0 Å². The van der Waals surface area contributed by atoms with E-state index in [0.29, 0.717) is 22.9 Å². The summed E-state index contributed by atoms with van der Waals surface area (Å²) < 4.78 is 0. The molecule has 2 rings (SSSR count). The van der Waals surface area contributed by atoms with Gasteiger partial charge in [0.25, 0.3) is 0 Å². The molecule has 1 N–H and O–H groups in total. The van der Waals surface area contributed by atoms with Gasteiger partial charge in [0.2, 0.25) is 0 Å². The second-order valence-corrected chi connectivity index (χ2v) is 4.87. The molecule has 0 aliphatic heterocycles. The summed E-state index contributed by atoms with van der Waals surface area (Å²) in [6.07, 6.45) is 1.70. The van der Waals surface area contributed by atoms with E-state index in [1.807, 2.05) is 36.4 Å². The molecule has 0 radical (unpaired) electrons. The van der Waals surface area contributed by atoms with Crippen LogP contribution in [0, 0.1) is 5.92 Å². The molecule has 0 saturated heterocycles. The minimum atomic E-state index is -0.0000406. The molecule has 0 aliphatic rings. The normalized spacial score (nSPS) is 10.5. The molecule has 19 heavy (non-hydrogen) atoms.